The molecular formula is C17H29N3. The fourth-order valence-corrected chi connectivity index (χ4v) is 2.93. The number of hydrogen-bond donors (Lipinski definition) is 1. The summed E-state index contributed by atoms with van der Waals surface area (Å²) < 4.78 is 0. The average Bonchev–Trinajstić information content (AvgIpc) is 2.46. The zero-order valence-electron chi connectivity index (χ0n) is 13.2. The van der Waals surface area contributed by atoms with Crippen LogP contribution in [0.3, 0.4) is 0 Å². The molecule has 0 bridgehead atoms. The van der Waals surface area contributed by atoms with Crippen molar-refractivity contribution in [2.75, 3.05) is 7.05 Å². The van der Waals surface area contributed by atoms with E-state index in [1.165, 1.54) is 37.8 Å². The van der Waals surface area contributed by atoms with Gasteiger partial charge in [0.15, 0.2) is 0 Å². The van der Waals surface area contributed by atoms with Gasteiger partial charge in [-0.2, -0.15) is 0 Å². The van der Waals surface area contributed by atoms with E-state index in [-0.39, 0.29) is 0 Å². The summed E-state index contributed by atoms with van der Waals surface area (Å²) in [5, 5.41) is 3.43. The maximum absolute atomic E-state index is 4.78. The summed E-state index contributed by atoms with van der Waals surface area (Å²) in [6.45, 7) is 6.17. The second kappa shape index (κ2) is 7.75. The van der Waals surface area contributed by atoms with Crippen molar-refractivity contribution in [3.63, 3.8) is 0 Å². The normalized spacial score (nSPS) is 17.1. The quantitative estimate of drug-likeness (QED) is 0.863. The van der Waals surface area contributed by atoms with Gasteiger partial charge in [-0.15, -0.1) is 0 Å². The summed E-state index contributed by atoms with van der Waals surface area (Å²) in [6.07, 6.45) is 6.90. The van der Waals surface area contributed by atoms with E-state index in [0.717, 1.165) is 24.8 Å². The van der Waals surface area contributed by atoms with Crippen LogP contribution >= 0.6 is 0 Å². The fourth-order valence-electron chi connectivity index (χ4n) is 2.93. The van der Waals surface area contributed by atoms with E-state index < -0.39 is 0 Å². The molecule has 1 fully saturated rings. The Kier molecular flexibility index (Phi) is 5.99. The Hall–Kier alpha value is -0.930. The zero-order chi connectivity index (χ0) is 14.4. The van der Waals surface area contributed by atoms with Crippen LogP contribution in [-0.4, -0.2) is 29.0 Å². The number of rotatable bonds is 6. The Labute approximate surface area is 123 Å². The molecule has 0 saturated heterocycles. The summed E-state index contributed by atoms with van der Waals surface area (Å²) in [6, 6.07) is 7.65. The fraction of sp³-hybridized carbons (Fsp3) is 0.706. The van der Waals surface area contributed by atoms with Gasteiger partial charge < -0.3 is 5.32 Å². The van der Waals surface area contributed by atoms with E-state index in [1.807, 2.05) is 0 Å². The first-order valence-electron chi connectivity index (χ1n) is 8.03. The van der Waals surface area contributed by atoms with Crippen LogP contribution in [0.1, 0.15) is 57.3 Å². The summed E-state index contributed by atoms with van der Waals surface area (Å²) >= 11 is 0. The first-order valence-corrected chi connectivity index (χ1v) is 8.03. The largest absolute Gasteiger partial charge is 0.309 e. The third-order valence-corrected chi connectivity index (χ3v) is 4.17. The Morgan fingerprint density at radius 3 is 2.60 bits per heavy atom. The minimum atomic E-state index is 0.505. The van der Waals surface area contributed by atoms with Crippen LogP contribution in [0.15, 0.2) is 18.2 Å². The zero-order valence-corrected chi connectivity index (χ0v) is 13.2. The van der Waals surface area contributed by atoms with Crippen molar-refractivity contribution in [1.82, 2.24) is 15.2 Å². The van der Waals surface area contributed by atoms with Crippen molar-refractivity contribution in [3.8, 4) is 0 Å². The van der Waals surface area contributed by atoms with E-state index in [0.29, 0.717) is 6.04 Å². The van der Waals surface area contributed by atoms with Crippen LogP contribution in [0.5, 0.6) is 0 Å². The van der Waals surface area contributed by atoms with Crippen LogP contribution in [0.4, 0.5) is 0 Å². The first kappa shape index (κ1) is 15.5. The molecule has 112 valence electrons. The molecular weight excluding hydrogens is 246 g/mol. The third kappa shape index (κ3) is 4.88. The number of pyridine rings is 1. The molecule has 20 heavy (non-hydrogen) atoms. The first-order chi connectivity index (χ1) is 9.65. The van der Waals surface area contributed by atoms with E-state index >= 15 is 0 Å². The lowest BCUT2D eigenvalue weighted by Gasteiger charge is -2.30. The van der Waals surface area contributed by atoms with Crippen molar-refractivity contribution in [1.29, 1.82) is 0 Å². The summed E-state index contributed by atoms with van der Waals surface area (Å²) in [4.78, 5) is 7.26. The molecule has 1 aromatic rings. The number of nitrogens with zero attached hydrogens (tertiary/aromatic N) is 2. The van der Waals surface area contributed by atoms with Gasteiger partial charge in [0, 0.05) is 25.2 Å². The molecule has 1 aliphatic rings. The molecule has 3 heteroatoms. The lowest BCUT2D eigenvalue weighted by atomic mass is 9.94. The molecule has 0 atom stereocenters. The predicted molar refractivity (Wildman–Crippen MR) is 84.6 cm³/mol. The molecule has 1 saturated carbocycles. The maximum atomic E-state index is 4.78. The molecule has 0 aromatic carbocycles. The Bertz CT molecular complexity index is 397. The lowest BCUT2D eigenvalue weighted by Crippen LogP contribution is -2.33. The summed E-state index contributed by atoms with van der Waals surface area (Å²) in [5.41, 5.74) is 2.34. The van der Waals surface area contributed by atoms with Gasteiger partial charge in [0.05, 0.1) is 11.4 Å². The van der Waals surface area contributed by atoms with E-state index in [4.69, 9.17) is 4.98 Å². The van der Waals surface area contributed by atoms with E-state index in [9.17, 15) is 0 Å². The van der Waals surface area contributed by atoms with Crippen molar-refractivity contribution < 1.29 is 0 Å². The van der Waals surface area contributed by atoms with Crippen LogP contribution < -0.4 is 5.32 Å². The molecule has 1 heterocycles. The highest BCUT2D eigenvalue weighted by Gasteiger charge is 2.18. The molecule has 1 aliphatic carbocycles. The average molecular weight is 275 g/mol. The minimum absolute atomic E-state index is 0.505. The molecule has 0 aliphatic heterocycles. The van der Waals surface area contributed by atoms with Crippen molar-refractivity contribution in [3.05, 3.63) is 29.6 Å². The lowest BCUT2D eigenvalue weighted by molar-refractivity contribution is 0.182. The Morgan fingerprint density at radius 1 is 1.20 bits per heavy atom. The molecule has 3 nitrogen and oxygen atoms in total. The second-order valence-electron chi connectivity index (χ2n) is 6.36. The van der Waals surface area contributed by atoms with Crippen molar-refractivity contribution in [2.24, 2.45) is 0 Å². The van der Waals surface area contributed by atoms with Gasteiger partial charge in [-0.1, -0.05) is 39.2 Å². The number of nitrogens with one attached hydrogen (secondary N) is 1. The molecule has 0 radical (unpaired) electrons. The van der Waals surface area contributed by atoms with Gasteiger partial charge in [-0.3, -0.25) is 9.88 Å². The topological polar surface area (TPSA) is 28.2 Å². The van der Waals surface area contributed by atoms with Crippen LogP contribution in [0.25, 0.3) is 0 Å². The molecule has 0 amide bonds. The highest BCUT2D eigenvalue weighted by Crippen LogP contribution is 2.22. The minimum Gasteiger partial charge on any atom is -0.309 e. The monoisotopic (exact) mass is 275 g/mol. The molecule has 1 aromatic heterocycles. The van der Waals surface area contributed by atoms with Crippen LogP contribution in [0, 0.1) is 0 Å². The SMILES string of the molecule is CC(C)NCc1cccc(CN(C)C2CCCCC2)n1. The van der Waals surface area contributed by atoms with Crippen LogP contribution in [0.2, 0.25) is 0 Å². The molecule has 2 rings (SSSR count). The van der Waals surface area contributed by atoms with Gasteiger partial charge in [0.25, 0.3) is 0 Å². The van der Waals surface area contributed by atoms with Crippen molar-refractivity contribution >= 4 is 0 Å². The number of hydrogen-bond acceptors (Lipinski definition) is 3. The smallest absolute Gasteiger partial charge is 0.0547 e. The summed E-state index contributed by atoms with van der Waals surface area (Å²) in [5.74, 6) is 0. The third-order valence-electron chi connectivity index (χ3n) is 4.17. The standard InChI is InChI=1S/C17H29N3/c1-14(2)18-12-15-8-7-9-16(19-15)13-20(3)17-10-5-4-6-11-17/h7-9,14,17-18H,4-6,10-13H2,1-3H3. The van der Waals surface area contributed by atoms with Gasteiger partial charge in [-0.05, 0) is 32.0 Å². The predicted octanol–water partition coefficient (Wildman–Crippen LogP) is 3.34. The van der Waals surface area contributed by atoms with Gasteiger partial charge in [0.2, 0.25) is 0 Å². The van der Waals surface area contributed by atoms with Crippen molar-refractivity contribution in [2.45, 2.75) is 71.1 Å². The highest BCUT2D eigenvalue weighted by molar-refractivity contribution is 5.11. The summed E-state index contributed by atoms with van der Waals surface area (Å²) in [7, 11) is 2.25. The maximum Gasteiger partial charge on any atom is 0.0547 e. The van der Waals surface area contributed by atoms with Crippen LogP contribution in [-0.2, 0) is 13.1 Å². The highest BCUT2D eigenvalue weighted by atomic mass is 15.1. The molecule has 0 spiro atoms. The molecule has 0 unspecified atom stereocenters. The Balaban J connectivity index is 1.89. The molecule has 1 N–H and O–H groups in total. The van der Waals surface area contributed by atoms with Gasteiger partial charge >= 0.3 is 0 Å². The van der Waals surface area contributed by atoms with Gasteiger partial charge in [0.1, 0.15) is 0 Å². The Morgan fingerprint density at radius 2 is 1.90 bits per heavy atom. The van der Waals surface area contributed by atoms with Gasteiger partial charge in [-0.25, -0.2) is 0 Å². The van der Waals surface area contributed by atoms with E-state index in [2.05, 4.69) is 49.3 Å². The van der Waals surface area contributed by atoms with E-state index in [1.54, 1.807) is 0 Å². The second-order valence-corrected chi connectivity index (χ2v) is 6.36. The number of aromatic nitrogens is 1.